The fourth-order valence-corrected chi connectivity index (χ4v) is 2.43. The molecule has 0 aliphatic rings. The number of ketones is 1. The number of anilines is 1. The van der Waals surface area contributed by atoms with Crippen LogP contribution in [0.25, 0.3) is 10.9 Å². The molecular weight excluding hydrogens is 316 g/mol. The van der Waals surface area contributed by atoms with Gasteiger partial charge in [-0.1, -0.05) is 6.07 Å². The van der Waals surface area contributed by atoms with Crippen molar-refractivity contribution in [1.29, 1.82) is 0 Å². The molecule has 0 unspecified atom stereocenters. The number of fused-ring (bicyclic) bond motifs is 1. The van der Waals surface area contributed by atoms with E-state index >= 15 is 0 Å². The van der Waals surface area contributed by atoms with Gasteiger partial charge in [-0.15, -0.1) is 0 Å². The van der Waals surface area contributed by atoms with E-state index in [9.17, 15) is 4.79 Å². The van der Waals surface area contributed by atoms with Crippen LogP contribution in [0, 0.1) is 0 Å². The molecule has 3 aromatic rings. The first kappa shape index (κ1) is 12.8. The molecule has 2 N–H and O–H groups in total. The van der Waals surface area contributed by atoms with Crippen LogP contribution in [0.2, 0.25) is 0 Å². The number of carbonyl (C=O) groups excluding carboxylic acids is 1. The monoisotopic (exact) mass is 326 g/mol. The third-order valence-corrected chi connectivity index (χ3v) is 3.81. The van der Waals surface area contributed by atoms with Crippen molar-refractivity contribution < 1.29 is 4.79 Å². The van der Waals surface area contributed by atoms with Crippen LogP contribution in [0.15, 0.2) is 59.2 Å². The van der Waals surface area contributed by atoms with Gasteiger partial charge in [0.15, 0.2) is 5.78 Å². The summed E-state index contributed by atoms with van der Waals surface area (Å²) in [6.07, 6.45) is 1.74. The van der Waals surface area contributed by atoms with Gasteiger partial charge >= 0.3 is 0 Å². The second-order valence-electron chi connectivity index (χ2n) is 4.48. The number of pyridine rings is 1. The maximum atomic E-state index is 12.5. The van der Waals surface area contributed by atoms with E-state index in [4.69, 9.17) is 5.73 Å². The number of aromatic nitrogens is 1. The van der Waals surface area contributed by atoms with Gasteiger partial charge in [0.2, 0.25) is 0 Å². The zero-order chi connectivity index (χ0) is 14.1. The number of halogens is 1. The number of hydrogen-bond donors (Lipinski definition) is 1. The molecule has 0 amide bonds. The van der Waals surface area contributed by atoms with E-state index in [2.05, 4.69) is 20.9 Å². The minimum absolute atomic E-state index is 0.0311. The van der Waals surface area contributed by atoms with Crippen molar-refractivity contribution >= 4 is 38.3 Å². The van der Waals surface area contributed by atoms with Gasteiger partial charge in [0.25, 0.3) is 0 Å². The highest BCUT2D eigenvalue weighted by Gasteiger charge is 2.11. The molecule has 0 atom stereocenters. The van der Waals surface area contributed by atoms with Crippen molar-refractivity contribution in [2.75, 3.05) is 5.73 Å². The molecule has 0 saturated carbocycles. The lowest BCUT2D eigenvalue weighted by Gasteiger charge is -2.05. The molecule has 0 fully saturated rings. The molecule has 98 valence electrons. The highest BCUT2D eigenvalue weighted by atomic mass is 79.9. The summed E-state index contributed by atoms with van der Waals surface area (Å²) in [4.78, 5) is 16.7. The summed E-state index contributed by atoms with van der Waals surface area (Å²) in [5.74, 6) is -0.0311. The molecule has 20 heavy (non-hydrogen) atoms. The van der Waals surface area contributed by atoms with E-state index in [0.29, 0.717) is 16.8 Å². The van der Waals surface area contributed by atoms with Gasteiger partial charge in [-0.25, -0.2) is 0 Å². The van der Waals surface area contributed by atoms with Gasteiger partial charge in [0.05, 0.1) is 5.52 Å². The molecule has 0 spiro atoms. The van der Waals surface area contributed by atoms with Gasteiger partial charge in [0, 0.05) is 32.9 Å². The zero-order valence-corrected chi connectivity index (χ0v) is 12.1. The Hall–Kier alpha value is -2.20. The minimum Gasteiger partial charge on any atom is -0.398 e. The smallest absolute Gasteiger partial charge is 0.193 e. The Balaban J connectivity index is 2.05. The number of nitrogens with two attached hydrogens (primary N) is 1. The summed E-state index contributed by atoms with van der Waals surface area (Å²) >= 11 is 3.34. The quantitative estimate of drug-likeness (QED) is 0.575. The second kappa shape index (κ2) is 5.06. The van der Waals surface area contributed by atoms with E-state index in [-0.39, 0.29) is 5.78 Å². The van der Waals surface area contributed by atoms with Crippen LogP contribution < -0.4 is 5.73 Å². The lowest BCUT2D eigenvalue weighted by Crippen LogP contribution is -2.02. The van der Waals surface area contributed by atoms with Crippen molar-refractivity contribution in [3.63, 3.8) is 0 Å². The standard InChI is InChI=1S/C16H11BrN2O/c17-13-9-12(3-5-14(13)18)16(20)11-4-6-15-10(8-11)2-1-7-19-15/h1-9H,18H2. The van der Waals surface area contributed by atoms with Crippen LogP contribution in [-0.4, -0.2) is 10.8 Å². The molecule has 1 heterocycles. The highest BCUT2D eigenvalue weighted by molar-refractivity contribution is 9.10. The van der Waals surface area contributed by atoms with Gasteiger partial charge in [-0.05, 0) is 58.4 Å². The lowest BCUT2D eigenvalue weighted by molar-refractivity contribution is 0.103. The van der Waals surface area contributed by atoms with E-state index < -0.39 is 0 Å². The summed E-state index contributed by atoms with van der Waals surface area (Å²) in [7, 11) is 0. The topological polar surface area (TPSA) is 56.0 Å². The van der Waals surface area contributed by atoms with E-state index in [1.54, 1.807) is 30.5 Å². The Kier molecular flexibility index (Phi) is 3.24. The average Bonchev–Trinajstić information content (AvgIpc) is 2.49. The lowest BCUT2D eigenvalue weighted by atomic mass is 10.0. The highest BCUT2D eigenvalue weighted by Crippen LogP contribution is 2.23. The molecule has 2 aromatic carbocycles. The van der Waals surface area contributed by atoms with Crippen LogP contribution >= 0.6 is 15.9 Å². The largest absolute Gasteiger partial charge is 0.398 e. The number of rotatable bonds is 2. The van der Waals surface area contributed by atoms with Crippen LogP contribution in [0.3, 0.4) is 0 Å². The Morgan fingerprint density at radius 2 is 1.80 bits per heavy atom. The van der Waals surface area contributed by atoms with Gasteiger partial charge in [-0.2, -0.15) is 0 Å². The number of benzene rings is 2. The average molecular weight is 327 g/mol. The van der Waals surface area contributed by atoms with E-state index in [1.807, 2.05) is 24.3 Å². The van der Waals surface area contributed by atoms with Crippen molar-refractivity contribution in [2.45, 2.75) is 0 Å². The molecule has 0 radical (unpaired) electrons. The molecule has 4 heteroatoms. The Bertz CT molecular complexity index is 814. The van der Waals surface area contributed by atoms with Gasteiger partial charge in [-0.3, -0.25) is 9.78 Å². The van der Waals surface area contributed by atoms with E-state index in [0.717, 1.165) is 15.4 Å². The number of carbonyl (C=O) groups is 1. The SMILES string of the molecule is Nc1ccc(C(=O)c2ccc3ncccc3c2)cc1Br. The summed E-state index contributed by atoms with van der Waals surface area (Å²) < 4.78 is 0.728. The number of nitrogen functional groups attached to an aromatic ring is 1. The summed E-state index contributed by atoms with van der Waals surface area (Å²) in [5.41, 5.74) is 8.47. The summed E-state index contributed by atoms with van der Waals surface area (Å²) in [5, 5.41) is 0.952. The Morgan fingerprint density at radius 1 is 1.05 bits per heavy atom. The predicted octanol–water partition coefficient (Wildman–Crippen LogP) is 3.81. The van der Waals surface area contributed by atoms with Crippen molar-refractivity contribution in [3.05, 3.63) is 70.3 Å². The first-order valence-electron chi connectivity index (χ1n) is 6.09. The Morgan fingerprint density at radius 3 is 2.60 bits per heavy atom. The van der Waals surface area contributed by atoms with Crippen LogP contribution in [0.4, 0.5) is 5.69 Å². The van der Waals surface area contributed by atoms with Crippen LogP contribution in [-0.2, 0) is 0 Å². The van der Waals surface area contributed by atoms with Crippen molar-refractivity contribution in [2.24, 2.45) is 0 Å². The maximum Gasteiger partial charge on any atom is 0.193 e. The molecule has 0 aliphatic carbocycles. The predicted molar refractivity (Wildman–Crippen MR) is 83.7 cm³/mol. The molecule has 0 bridgehead atoms. The van der Waals surface area contributed by atoms with Crippen LogP contribution in [0.5, 0.6) is 0 Å². The molecule has 3 nitrogen and oxygen atoms in total. The van der Waals surface area contributed by atoms with E-state index in [1.165, 1.54) is 0 Å². The van der Waals surface area contributed by atoms with Crippen molar-refractivity contribution in [3.8, 4) is 0 Å². The summed E-state index contributed by atoms with van der Waals surface area (Å²) in [6, 6.07) is 14.5. The minimum atomic E-state index is -0.0311. The number of nitrogens with zero attached hydrogens (tertiary/aromatic N) is 1. The third-order valence-electron chi connectivity index (χ3n) is 3.13. The molecular formula is C16H11BrN2O. The number of hydrogen-bond acceptors (Lipinski definition) is 3. The maximum absolute atomic E-state index is 12.5. The van der Waals surface area contributed by atoms with Crippen molar-refractivity contribution in [1.82, 2.24) is 4.98 Å². The molecule has 3 rings (SSSR count). The fraction of sp³-hybridized carbons (Fsp3) is 0. The normalized spacial score (nSPS) is 10.7. The zero-order valence-electron chi connectivity index (χ0n) is 10.5. The first-order chi connectivity index (χ1) is 9.65. The van der Waals surface area contributed by atoms with Crippen LogP contribution in [0.1, 0.15) is 15.9 Å². The molecule has 0 aliphatic heterocycles. The first-order valence-corrected chi connectivity index (χ1v) is 6.89. The fourth-order valence-electron chi connectivity index (χ4n) is 2.05. The molecule has 0 saturated heterocycles. The third kappa shape index (κ3) is 2.30. The van der Waals surface area contributed by atoms with Gasteiger partial charge < -0.3 is 5.73 Å². The summed E-state index contributed by atoms with van der Waals surface area (Å²) in [6.45, 7) is 0. The molecule has 1 aromatic heterocycles. The Labute approximate surface area is 124 Å². The second-order valence-corrected chi connectivity index (χ2v) is 5.33. The van der Waals surface area contributed by atoms with Gasteiger partial charge in [0.1, 0.15) is 0 Å².